The van der Waals surface area contributed by atoms with Crippen LogP contribution >= 0.6 is 0 Å². The zero-order valence-electron chi connectivity index (χ0n) is 21.9. The van der Waals surface area contributed by atoms with Crippen LogP contribution < -0.4 is 10.1 Å². The molecule has 0 saturated heterocycles. The molecule has 3 heterocycles. The van der Waals surface area contributed by atoms with Crippen LogP contribution in [0.4, 0.5) is 8.78 Å². The van der Waals surface area contributed by atoms with E-state index in [-0.39, 0.29) is 29.1 Å². The first-order valence-corrected chi connectivity index (χ1v) is 12.8. The normalized spacial score (nSPS) is 11.2. The summed E-state index contributed by atoms with van der Waals surface area (Å²) in [6.07, 6.45) is 0.268. The Morgan fingerprint density at radius 3 is 2.41 bits per heavy atom. The molecular weight excluding hydrogens is 526 g/mol. The van der Waals surface area contributed by atoms with Crippen LogP contribution in [0.25, 0.3) is 33.8 Å². The van der Waals surface area contributed by atoms with Crippen LogP contribution in [0.2, 0.25) is 0 Å². The molecule has 3 aromatic heterocycles. The number of halogens is 2. The summed E-state index contributed by atoms with van der Waals surface area (Å²) < 4.78 is 36.3. The van der Waals surface area contributed by atoms with Gasteiger partial charge in [0.25, 0.3) is 12.3 Å². The Balaban J connectivity index is 1.35. The summed E-state index contributed by atoms with van der Waals surface area (Å²) in [6, 6.07) is 27.5. The van der Waals surface area contributed by atoms with Crippen molar-refractivity contribution in [2.75, 3.05) is 7.11 Å². The Morgan fingerprint density at radius 2 is 1.68 bits per heavy atom. The van der Waals surface area contributed by atoms with Crippen LogP contribution in [-0.4, -0.2) is 37.4 Å². The van der Waals surface area contributed by atoms with Crippen molar-refractivity contribution in [3.05, 3.63) is 120 Å². The van der Waals surface area contributed by atoms with Crippen LogP contribution in [0, 0.1) is 0 Å². The van der Waals surface area contributed by atoms with Crippen molar-refractivity contribution in [3.8, 4) is 34.0 Å². The Bertz CT molecular complexity index is 1830. The van der Waals surface area contributed by atoms with Gasteiger partial charge in [-0.05, 0) is 30.3 Å². The van der Waals surface area contributed by atoms with Crippen molar-refractivity contribution >= 4 is 11.6 Å². The van der Waals surface area contributed by atoms with Gasteiger partial charge >= 0.3 is 0 Å². The number of nitrogens with one attached hydrogen (secondary N) is 1. The van der Waals surface area contributed by atoms with Crippen LogP contribution in [0.3, 0.4) is 0 Å². The lowest BCUT2D eigenvalue weighted by atomic mass is 10.1. The van der Waals surface area contributed by atoms with E-state index in [0.29, 0.717) is 17.0 Å². The number of alkyl halides is 2. The van der Waals surface area contributed by atoms with Crippen molar-refractivity contribution in [1.29, 1.82) is 0 Å². The predicted octanol–water partition coefficient (Wildman–Crippen LogP) is 6.13. The number of nitrogens with zero attached hydrogens (tertiary/aromatic N) is 5. The van der Waals surface area contributed by atoms with E-state index >= 15 is 0 Å². The second-order valence-electron chi connectivity index (χ2n) is 9.19. The highest BCUT2D eigenvalue weighted by Crippen LogP contribution is 2.32. The molecule has 10 heteroatoms. The van der Waals surface area contributed by atoms with Gasteiger partial charge in [-0.1, -0.05) is 60.7 Å². The molecule has 8 nitrogen and oxygen atoms in total. The lowest BCUT2D eigenvalue weighted by molar-refractivity contribution is 0.0952. The molecule has 41 heavy (non-hydrogen) atoms. The molecule has 0 aliphatic heterocycles. The summed E-state index contributed by atoms with van der Waals surface area (Å²) in [5.41, 5.74) is 3.73. The molecule has 0 unspecified atom stereocenters. The SMILES string of the molecule is COc1ccccc1-c1cc(C(F)F)n2ncc(C(=O)NCc3cn(-c4ccccc4)nc3-c3ccccc3)c2n1. The number of fused-ring (bicyclic) bond motifs is 1. The fourth-order valence-corrected chi connectivity index (χ4v) is 4.66. The summed E-state index contributed by atoms with van der Waals surface area (Å²) >= 11 is 0. The summed E-state index contributed by atoms with van der Waals surface area (Å²) in [4.78, 5) is 18.0. The molecule has 1 amide bonds. The van der Waals surface area contributed by atoms with Gasteiger partial charge in [0.05, 0.1) is 30.4 Å². The molecule has 0 fully saturated rings. The fraction of sp³-hybridized carbons (Fsp3) is 0.0968. The van der Waals surface area contributed by atoms with E-state index in [1.54, 1.807) is 28.9 Å². The number of rotatable bonds is 8. The minimum atomic E-state index is -2.85. The molecule has 6 aromatic rings. The van der Waals surface area contributed by atoms with Crippen molar-refractivity contribution in [2.45, 2.75) is 13.0 Å². The van der Waals surface area contributed by atoms with Gasteiger partial charge in [-0.3, -0.25) is 4.79 Å². The van der Waals surface area contributed by atoms with E-state index in [9.17, 15) is 13.6 Å². The predicted molar refractivity (Wildman–Crippen MR) is 150 cm³/mol. The molecule has 0 aliphatic rings. The standard InChI is InChI=1S/C31H24F2N6O2/c1-41-27-15-9-8-14-23(27)25-16-26(29(32)33)39-30(36-25)24(18-35-39)31(40)34-17-21-19-38(22-12-6-3-7-13-22)37-28(21)20-10-4-2-5-11-20/h2-16,18-19,29H,17H2,1H3,(H,34,40). The third kappa shape index (κ3) is 5.03. The number of aromatic nitrogens is 5. The maximum atomic E-state index is 14.1. The molecule has 0 radical (unpaired) electrons. The quantitative estimate of drug-likeness (QED) is 0.247. The number of methoxy groups -OCH3 is 1. The van der Waals surface area contributed by atoms with Crippen LogP contribution in [-0.2, 0) is 6.54 Å². The number of amides is 1. The van der Waals surface area contributed by atoms with Gasteiger partial charge in [0.1, 0.15) is 17.0 Å². The average Bonchev–Trinajstić information content (AvgIpc) is 3.65. The number of para-hydroxylation sites is 2. The third-order valence-electron chi connectivity index (χ3n) is 6.65. The Hall–Kier alpha value is -5.38. The minimum absolute atomic E-state index is 0.0180. The van der Waals surface area contributed by atoms with Crippen molar-refractivity contribution < 1.29 is 18.3 Å². The van der Waals surface area contributed by atoms with E-state index in [2.05, 4.69) is 15.4 Å². The molecule has 3 aromatic carbocycles. The molecule has 0 spiro atoms. The number of benzene rings is 3. The Morgan fingerprint density at radius 1 is 0.976 bits per heavy atom. The monoisotopic (exact) mass is 550 g/mol. The van der Waals surface area contributed by atoms with Gasteiger partial charge in [-0.25, -0.2) is 23.0 Å². The lowest BCUT2D eigenvalue weighted by Crippen LogP contribution is -2.23. The molecular formula is C31H24F2N6O2. The molecule has 1 N–H and O–H groups in total. The summed E-state index contributed by atoms with van der Waals surface area (Å²) in [5.74, 6) is -0.0321. The Kier molecular flexibility index (Phi) is 6.95. The zero-order valence-corrected chi connectivity index (χ0v) is 21.9. The van der Waals surface area contributed by atoms with Gasteiger partial charge in [0.2, 0.25) is 0 Å². The summed E-state index contributed by atoms with van der Waals surface area (Å²) in [5, 5.41) is 11.7. The largest absolute Gasteiger partial charge is 0.496 e. The van der Waals surface area contributed by atoms with E-state index in [4.69, 9.17) is 9.84 Å². The number of hydrogen-bond acceptors (Lipinski definition) is 5. The molecule has 6 rings (SSSR count). The van der Waals surface area contributed by atoms with Crippen LogP contribution in [0.15, 0.2) is 103 Å². The number of carbonyl (C=O) groups is 1. The molecule has 0 atom stereocenters. The first-order valence-electron chi connectivity index (χ1n) is 12.8. The van der Waals surface area contributed by atoms with Crippen LogP contribution in [0.1, 0.15) is 28.0 Å². The fourth-order valence-electron chi connectivity index (χ4n) is 4.66. The van der Waals surface area contributed by atoms with Gasteiger partial charge in [-0.2, -0.15) is 10.2 Å². The second-order valence-corrected chi connectivity index (χ2v) is 9.19. The van der Waals surface area contributed by atoms with Gasteiger partial charge < -0.3 is 10.1 Å². The third-order valence-corrected chi connectivity index (χ3v) is 6.65. The van der Waals surface area contributed by atoms with E-state index in [0.717, 1.165) is 21.3 Å². The van der Waals surface area contributed by atoms with Crippen molar-refractivity contribution in [2.24, 2.45) is 0 Å². The van der Waals surface area contributed by atoms with Gasteiger partial charge in [-0.15, -0.1) is 0 Å². The van der Waals surface area contributed by atoms with Crippen molar-refractivity contribution in [3.63, 3.8) is 0 Å². The van der Waals surface area contributed by atoms with Gasteiger partial charge in [0.15, 0.2) is 5.65 Å². The molecule has 0 aliphatic carbocycles. The highest BCUT2D eigenvalue weighted by atomic mass is 19.3. The van der Waals surface area contributed by atoms with Crippen molar-refractivity contribution in [1.82, 2.24) is 29.7 Å². The number of carbonyl (C=O) groups excluding carboxylic acids is 1. The highest BCUT2D eigenvalue weighted by molar-refractivity contribution is 6.00. The van der Waals surface area contributed by atoms with E-state index < -0.39 is 12.3 Å². The Labute approximate surface area is 233 Å². The molecule has 0 bridgehead atoms. The number of hydrogen-bond donors (Lipinski definition) is 1. The number of ether oxygens (including phenoxy) is 1. The highest BCUT2D eigenvalue weighted by Gasteiger charge is 2.23. The van der Waals surface area contributed by atoms with E-state index in [1.807, 2.05) is 66.9 Å². The molecule has 204 valence electrons. The average molecular weight is 551 g/mol. The lowest BCUT2D eigenvalue weighted by Gasteiger charge is -2.11. The van der Waals surface area contributed by atoms with E-state index in [1.165, 1.54) is 19.4 Å². The summed E-state index contributed by atoms with van der Waals surface area (Å²) in [7, 11) is 1.49. The van der Waals surface area contributed by atoms with Crippen LogP contribution in [0.5, 0.6) is 5.75 Å². The smallest absolute Gasteiger partial charge is 0.280 e. The first kappa shape index (κ1) is 25.9. The summed E-state index contributed by atoms with van der Waals surface area (Å²) in [6.45, 7) is 0.140. The zero-order chi connectivity index (χ0) is 28.3. The second kappa shape index (κ2) is 11.0. The minimum Gasteiger partial charge on any atom is -0.496 e. The maximum Gasteiger partial charge on any atom is 0.280 e. The molecule has 0 saturated carbocycles. The topological polar surface area (TPSA) is 86.3 Å². The first-order chi connectivity index (χ1) is 20.0. The maximum absolute atomic E-state index is 14.1. The van der Waals surface area contributed by atoms with Gasteiger partial charge in [0, 0.05) is 29.4 Å².